The quantitative estimate of drug-likeness (QED) is 0.322. The Morgan fingerprint density at radius 1 is 1.20 bits per heavy atom. The summed E-state index contributed by atoms with van der Waals surface area (Å²) in [6.07, 6.45) is 0.596. The molecule has 3 rings (SSSR count). The Morgan fingerprint density at radius 3 is 2.70 bits per heavy atom. The van der Waals surface area contributed by atoms with Gasteiger partial charge in [-0.25, -0.2) is 14.7 Å². The summed E-state index contributed by atoms with van der Waals surface area (Å²) in [4.78, 5) is 23.7. The minimum atomic E-state index is -1.00. The minimum absolute atomic E-state index is 0.0863. The number of carbonyl (C=O) groups is 2. The van der Waals surface area contributed by atoms with Gasteiger partial charge >= 0.3 is 6.09 Å². The van der Waals surface area contributed by atoms with Crippen LogP contribution >= 0.6 is 0 Å². The van der Waals surface area contributed by atoms with Crippen molar-refractivity contribution in [2.45, 2.75) is 13.0 Å². The fraction of sp³-hybridized carbons (Fsp3) is 0.200. The van der Waals surface area contributed by atoms with Gasteiger partial charge in [0.2, 0.25) is 6.79 Å². The van der Waals surface area contributed by atoms with E-state index < -0.39 is 35.6 Å². The van der Waals surface area contributed by atoms with E-state index in [0.29, 0.717) is 17.2 Å². The molecule has 30 heavy (non-hydrogen) atoms. The lowest BCUT2D eigenvalue weighted by Crippen LogP contribution is -2.22. The van der Waals surface area contributed by atoms with Crippen LogP contribution < -0.4 is 20.3 Å². The zero-order valence-electron chi connectivity index (χ0n) is 15.8. The van der Waals surface area contributed by atoms with Crippen LogP contribution in [0.4, 0.5) is 14.9 Å². The number of rotatable bonds is 6. The molecule has 4 N–H and O–H groups in total. The zero-order chi connectivity index (χ0) is 21.7. The van der Waals surface area contributed by atoms with E-state index in [4.69, 9.17) is 19.4 Å². The molecule has 0 aliphatic carbocycles. The highest BCUT2D eigenvalue weighted by Gasteiger charge is 2.24. The lowest BCUT2D eigenvalue weighted by atomic mass is 9.96. The van der Waals surface area contributed by atoms with Gasteiger partial charge in [-0.05, 0) is 29.8 Å². The first-order valence-corrected chi connectivity index (χ1v) is 8.85. The third kappa shape index (κ3) is 4.97. The van der Waals surface area contributed by atoms with Gasteiger partial charge in [0.1, 0.15) is 6.10 Å². The van der Waals surface area contributed by atoms with E-state index in [1.807, 2.05) is 0 Å². The normalized spacial score (nSPS) is 14.2. The predicted molar refractivity (Wildman–Crippen MR) is 102 cm³/mol. The summed E-state index contributed by atoms with van der Waals surface area (Å²) in [6, 6.07) is 8.35. The maximum atomic E-state index is 13.8. The van der Waals surface area contributed by atoms with Crippen LogP contribution in [0.25, 0.3) is 0 Å². The summed E-state index contributed by atoms with van der Waals surface area (Å²) >= 11 is 0. The number of phenolic OH excluding ortho intramolecular Hbond substituents is 1. The van der Waals surface area contributed by atoms with Crippen molar-refractivity contribution in [1.82, 2.24) is 5.48 Å². The highest BCUT2D eigenvalue weighted by molar-refractivity contribution is 5.86. The monoisotopic (exact) mass is 418 g/mol. The number of amides is 2. The van der Waals surface area contributed by atoms with Crippen molar-refractivity contribution in [1.29, 1.82) is 0 Å². The highest BCUT2D eigenvalue weighted by Crippen LogP contribution is 2.35. The molecule has 0 radical (unpaired) electrons. The van der Waals surface area contributed by atoms with Crippen LogP contribution in [0.15, 0.2) is 48.6 Å². The summed E-state index contributed by atoms with van der Waals surface area (Å²) in [5, 5.41) is 20.6. The molecule has 2 aromatic rings. The van der Waals surface area contributed by atoms with E-state index >= 15 is 0 Å². The van der Waals surface area contributed by atoms with Crippen molar-refractivity contribution >= 4 is 17.7 Å². The molecule has 2 aromatic carbocycles. The zero-order valence-corrected chi connectivity index (χ0v) is 15.8. The van der Waals surface area contributed by atoms with Gasteiger partial charge in [0.25, 0.3) is 5.91 Å². The number of carbonyl (C=O) groups excluding carboxylic acids is 2. The second-order valence-electron chi connectivity index (χ2n) is 6.42. The molecule has 1 aliphatic heterocycles. The summed E-state index contributed by atoms with van der Waals surface area (Å²) in [6.45, 7) is 1.72. The Hall–Kier alpha value is -3.79. The first-order valence-electron chi connectivity index (χ1n) is 8.85. The van der Waals surface area contributed by atoms with E-state index in [1.54, 1.807) is 25.1 Å². The Morgan fingerprint density at radius 2 is 1.97 bits per heavy atom. The molecular weight excluding hydrogens is 399 g/mol. The molecule has 0 aromatic heterocycles. The van der Waals surface area contributed by atoms with Crippen LogP contribution in [-0.4, -0.2) is 29.1 Å². The molecule has 10 heteroatoms. The van der Waals surface area contributed by atoms with Crippen molar-refractivity contribution in [3.05, 3.63) is 59.9 Å². The van der Waals surface area contributed by atoms with E-state index in [1.165, 1.54) is 17.6 Å². The van der Waals surface area contributed by atoms with Crippen molar-refractivity contribution in [2.75, 3.05) is 12.1 Å². The Kier molecular flexibility index (Phi) is 6.38. The van der Waals surface area contributed by atoms with Gasteiger partial charge in [0.15, 0.2) is 23.1 Å². The van der Waals surface area contributed by atoms with E-state index in [9.17, 15) is 19.1 Å². The fourth-order valence-corrected chi connectivity index (χ4v) is 2.79. The fourth-order valence-electron chi connectivity index (χ4n) is 2.79. The second-order valence-corrected chi connectivity index (χ2v) is 6.42. The van der Waals surface area contributed by atoms with Crippen LogP contribution in [0, 0.1) is 11.7 Å². The molecule has 0 unspecified atom stereocenters. The van der Waals surface area contributed by atoms with Gasteiger partial charge in [0.05, 0.1) is 0 Å². The van der Waals surface area contributed by atoms with Gasteiger partial charge in [-0.2, -0.15) is 0 Å². The minimum Gasteiger partial charge on any atom is -0.505 e. The topological polar surface area (TPSA) is 126 Å². The Labute approximate surface area is 170 Å². The van der Waals surface area contributed by atoms with Crippen molar-refractivity contribution < 1.29 is 38.5 Å². The Bertz CT molecular complexity index is 980. The smallest absolute Gasteiger partial charge is 0.412 e. The van der Waals surface area contributed by atoms with Gasteiger partial charge in [-0.3, -0.25) is 15.3 Å². The molecule has 158 valence electrons. The molecule has 0 fully saturated rings. The summed E-state index contributed by atoms with van der Waals surface area (Å²) in [5.41, 5.74) is 2.10. The number of hydrogen-bond donors (Lipinski definition) is 4. The highest BCUT2D eigenvalue weighted by atomic mass is 19.1. The molecular formula is C20H19FN2O7. The standard InChI is InChI=1S/C20H19FN2O7/c1-11(2-7-18(25)23-27)19(12-3-5-15(24)14(21)8-12)30-20(26)22-13-4-6-16-17(9-13)29-10-28-16/h2-9,11,19,24,27H,10H2,1H3,(H,22,26)(H,23,25)/b7-2+/t11-,19+/m0/s1. The van der Waals surface area contributed by atoms with Crippen LogP contribution in [0.5, 0.6) is 17.2 Å². The number of aromatic hydroxyl groups is 1. The lowest BCUT2D eigenvalue weighted by Gasteiger charge is -2.23. The number of hydroxylamine groups is 1. The van der Waals surface area contributed by atoms with Crippen molar-refractivity contribution in [2.24, 2.45) is 5.92 Å². The van der Waals surface area contributed by atoms with Crippen molar-refractivity contribution in [3.8, 4) is 17.2 Å². The average Bonchev–Trinajstić information content (AvgIpc) is 3.20. The molecule has 0 spiro atoms. The summed E-state index contributed by atoms with van der Waals surface area (Å²) in [7, 11) is 0. The first kappa shape index (κ1) is 20.9. The predicted octanol–water partition coefficient (Wildman–Crippen LogP) is 3.25. The number of ether oxygens (including phenoxy) is 3. The van der Waals surface area contributed by atoms with Crippen LogP contribution in [0.3, 0.4) is 0 Å². The van der Waals surface area contributed by atoms with E-state index in [-0.39, 0.29) is 12.4 Å². The maximum Gasteiger partial charge on any atom is 0.412 e. The molecule has 0 saturated carbocycles. The number of benzene rings is 2. The van der Waals surface area contributed by atoms with Gasteiger partial charge < -0.3 is 19.3 Å². The number of halogens is 1. The van der Waals surface area contributed by atoms with E-state index in [0.717, 1.165) is 18.2 Å². The maximum absolute atomic E-state index is 13.8. The first-order chi connectivity index (χ1) is 14.4. The molecule has 1 aliphatic rings. The second kappa shape index (κ2) is 9.14. The molecule has 0 saturated heterocycles. The molecule has 9 nitrogen and oxygen atoms in total. The molecule has 2 amide bonds. The average molecular weight is 418 g/mol. The van der Waals surface area contributed by atoms with Gasteiger partial charge in [0, 0.05) is 23.7 Å². The number of hydrogen-bond acceptors (Lipinski definition) is 7. The van der Waals surface area contributed by atoms with Crippen LogP contribution in [0.2, 0.25) is 0 Å². The van der Waals surface area contributed by atoms with Gasteiger partial charge in [-0.15, -0.1) is 0 Å². The largest absolute Gasteiger partial charge is 0.505 e. The lowest BCUT2D eigenvalue weighted by molar-refractivity contribution is -0.124. The number of anilines is 1. The molecule has 2 atom stereocenters. The third-order valence-electron chi connectivity index (χ3n) is 4.29. The summed E-state index contributed by atoms with van der Waals surface area (Å²) < 4.78 is 29.8. The van der Waals surface area contributed by atoms with Crippen LogP contribution in [-0.2, 0) is 9.53 Å². The number of phenols is 1. The van der Waals surface area contributed by atoms with Gasteiger partial charge in [-0.1, -0.05) is 19.1 Å². The summed E-state index contributed by atoms with van der Waals surface area (Å²) in [5.74, 6) is -1.79. The van der Waals surface area contributed by atoms with Crippen molar-refractivity contribution in [3.63, 3.8) is 0 Å². The Balaban J connectivity index is 1.78. The SMILES string of the molecule is C[C@@H](/C=C/C(=O)NO)[C@@H](OC(=O)Nc1ccc2c(c1)OCO2)c1ccc(O)c(F)c1. The number of fused-ring (bicyclic) bond motifs is 1. The molecule has 0 bridgehead atoms. The molecule has 1 heterocycles. The van der Waals surface area contributed by atoms with Crippen LogP contribution in [0.1, 0.15) is 18.6 Å². The number of nitrogens with one attached hydrogen (secondary N) is 2. The third-order valence-corrected chi connectivity index (χ3v) is 4.29. The van der Waals surface area contributed by atoms with E-state index in [2.05, 4.69) is 5.32 Å².